The van der Waals surface area contributed by atoms with Crippen molar-refractivity contribution in [3.8, 4) is 0 Å². The van der Waals surface area contributed by atoms with Crippen molar-refractivity contribution in [3.05, 3.63) is 0 Å². The Kier molecular flexibility index (Phi) is 32.4. The molecule has 0 amide bonds. The molecule has 44 heavy (non-hydrogen) atoms. The van der Waals surface area contributed by atoms with Crippen molar-refractivity contribution in [1.29, 1.82) is 0 Å². The summed E-state index contributed by atoms with van der Waals surface area (Å²) in [6.45, 7) is 8.84. The molecule has 0 fully saturated rings. The van der Waals surface area contributed by atoms with Crippen LogP contribution < -0.4 is 0 Å². The van der Waals surface area contributed by atoms with E-state index in [0.717, 1.165) is 43.9 Å². The standard InChI is InChI=1S/C39H76O5/c1-35(2)29-25-21-17-13-9-7-5-6-8-10-15-19-23-27-31-38(41)43-34-37(33-40)44-39(42)32-28-24-20-16-12-11-14-18-22-26-30-36(3)4/h35-37,40H,5-34H2,1-4H3/t37-/m0/s1. The summed E-state index contributed by atoms with van der Waals surface area (Å²) in [5, 5.41) is 9.54. The minimum atomic E-state index is -0.762. The lowest BCUT2D eigenvalue weighted by atomic mass is 10.0. The fourth-order valence-electron chi connectivity index (χ4n) is 5.81. The lowest BCUT2D eigenvalue weighted by molar-refractivity contribution is -0.161. The number of aliphatic hydroxyl groups excluding tert-OH is 1. The second-order valence-corrected chi connectivity index (χ2v) is 14.3. The third-order valence-corrected chi connectivity index (χ3v) is 8.76. The van der Waals surface area contributed by atoms with Gasteiger partial charge in [-0.25, -0.2) is 0 Å². The molecule has 0 aromatic carbocycles. The molecule has 0 radical (unpaired) electrons. The van der Waals surface area contributed by atoms with Crippen molar-refractivity contribution >= 4 is 11.9 Å². The highest BCUT2D eigenvalue weighted by Gasteiger charge is 2.16. The lowest BCUT2D eigenvalue weighted by Gasteiger charge is -2.15. The van der Waals surface area contributed by atoms with Crippen LogP contribution in [0.5, 0.6) is 0 Å². The highest BCUT2D eigenvalue weighted by molar-refractivity contribution is 5.70. The minimum Gasteiger partial charge on any atom is -0.462 e. The zero-order valence-corrected chi connectivity index (χ0v) is 30.0. The summed E-state index contributed by atoms with van der Waals surface area (Å²) in [4.78, 5) is 24.2. The molecule has 0 aromatic rings. The van der Waals surface area contributed by atoms with Crippen LogP contribution in [-0.2, 0) is 19.1 Å². The van der Waals surface area contributed by atoms with E-state index < -0.39 is 6.10 Å². The van der Waals surface area contributed by atoms with Crippen LogP contribution >= 0.6 is 0 Å². The summed E-state index contributed by atoms with van der Waals surface area (Å²) in [6.07, 6.45) is 33.1. The zero-order valence-electron chi connectivity index (χ0n) is 30.0. The van der Waals surface area contributed by atoms with Gasteiger partial charge < -0.3 is 14.6 Å². The van der Waals surface area contributed by atoms with Gasteiger partial charge in [0.2, 0.25) is 0 Å². The molecule has 0 heterocycles. The molecule has 0 aliphatic heterocycles. The number of unbranched alkanes of at least 4 members (excludes halogenated alkanes) is 22. The molecule has 0 aliphatic carbocycles. The Bertz CT molecular complexity index is 618. The molecule has 0 rings (SSSR count). The highest BCUT2D eigenvalue weighted by atomic mass is 16.6. The van der Waals surface area contributed by atoms with Gasteiger partial charge in [-0.15, -0.1) is 0 Å². The smallest absolute Gasteiger partial charge is 0.306 e. The Morgan fingerprint density at radius 3 is 1.07 bits per heavy atom. The van der Waals surface area contributed by atoms with E-state index in [-0.39, 0.29) is 25.2 Å². The summed E-state index contributed by atoms with van der Waals surface area (Å²) in [5.74, 6) is 1.10. The summed E-state index contributed by atoms with van der Waals surface area (Å²) < 4.78 is 10.6. The van der Waals surface area contributed by atoms with E-state index >= 15 is 0 Å². The van der Waals surface area contributed by atoms with Crippen LogP contribution in [0.25, 0.3) is 0 Å². The molecule has 0 unspecified atom stereocenters. The maximum Gasteiger partial charge on any atom is 0.306 e. The largest absolute Gasteiger partial charge is 0.462 e. The number of carbonyl (C=O) groups is 2. The van der Waals surface area contributed by atoms with Crippen molar-refractivity contribution in [1.82, 2.24) is 0 Å². The molecule has 0 saturated heterocycles. The minimum absolute atomic E-state index is 0.0589. The quantitative estimate of drug-likeness (QED) is 0.0569. The van der Waals surface area contributed by atoms with Gasteiger partial charge in [-0.3, -0.25) is 9.59 Å². The van der Waals surface area contributed by atoms with E-state index in [1.54, 1.807) is 0 Å². The molecule has 0 bridgehead atoms. The predicted molar refractivity (Wildman–Crippen MR) is 187 cm³/mol. The third kappa shape index (κ3) is 33.8. The number of rotatable bonds is 34. The van der Waals surface area contributed by atoms with Crippen LogP contribution in [0.4, 0.5) is 0 Å². The molecular weight excluding hydrogens is 548 g/mol. The summed E-state index contributed by atoms with van der Waals surface area (Å²) in [5.41, 5.74) is 0. The SMILES string of the molecule is CC(C)CCCCCCCCCCCCCCCCC(=O)OC[C@H](CO)OC(=O)CCCCCCCCCCCCC(C)C. The van der Waals surface area contributed by atoms with Crippen molar-refractivity contribution in [2.24, 2.45) is 11.8 Å². The van der Waals surface area contributed by atoms with Gasteiger partial charge in [0, 0.05) is 12.8 Å². The number of carbonyl (C=O) groups excluding carboxylic acids is 2. The first-order chi connectivity index (χ1) is 21.3. The Balaban J connectivity index is 3.50. The number of ether oxygens (including phenoxy) is 2. The van der Waals surface area contributed by atoms with Gasteiger partial charge in [-0.2, -0.15) is 0 Å². The first-order valence-corrected chi connectivity index (χ1v) is 19.3. The third-order valence-electron chi connectivity index (χ3n) is 8.76. The monoisotopic (exact) mass is 625 g/mol. The van der Waals surface area contributed by atoms with Gasteiger partial charge in [0.25, 0.3) is 0 Å². The van der Waals surface area contributed by atoms with E-state index in [0.29, 0.717) is 12.8 Å². The second-order valence-electron chi connectivity index (χ2n) is 14.3. The first kappa shape index (κ1) is 42.9. The summed E-state index contributed by atoms with van der Waals surface area (Å²) in [7, 11) is 0. The van der Waals surface area contributed by atoms with E-state index in [1.807, 2.05) is 0 Å². The van der Waals surface area contributed by atoms with Gasteiger partial charge in [0.05, 0.1) is 6.61 Å². The summed E-state index contributed by atoms with van der Waals surface area (Å²) in [6, 6.07) is 0. The number of esters is 2. The number of aliphatic hydroxyl groups is 1. The molecule has 0 aliphatic rings. The first-order valence-electron chi connectivity index (χ1n) is 19.3. The van der Waals surface area contributed by atoms with Crippen molar-refractivity contribution in [2.45, 2.75) is 214 Å². The fourth-order valence-corrected chi connectivity index (χ4v) is 5.81. The molecule has 5 nitrogen and oxygen atoms in total. The van der Waals surface area contributed by atoms with Gasteiger partial charge >= 0.3 is 11.9 Å². The molecule has 0 saturated carbocycles. The fraction of sp³-hybridized carbons (Fsp3) is 0.949. The second kappa shape index (κ2) is 33.3. The van der Waals surface area contributed by atoms with Gasteiger partial charge in [-0.05, 0) is 24.7 Å². The molecule has 262 valence electrons. The van der Waals surface area contributed by atoms with E-state index in [2.05, 4.69) is 27.7 Å². The Morgan fingerprint density at radius 1 is 0.455 bits per heavy atom. The highest BCUT2D eigenvalue weighted by Crippen LogP contribution is 2.16. The van der Waals surface area contributed by atoms with Crippen LogP contribution in [-0.4, -0.2) is 36.4 Å². The van der Waals surface area contributed by atoms with Crippen LogP contribution in [0.3, 0.4) is 0 Å². The van der Waals surface area contributed by atoms with Gasteiger partial charge in [0.1, 0.15) is 6.61 Å². The maximum absolute atomic E-state index is 12.1. The molecule has 1 N–H and O–H groups in total. The molecule has 0 spiro atoms. The summed E-state index contributed by atoms with van der Waals surface area (Å²) >= 11 is 0. The van der Waals surface area contributed by atoms with E-state index in [4.69, 9.17) is 9.47 Å². The lowest BCUT2D eigenvalue weighted by Crippen LogP contribution is -2.28. The molecular formula is C39H76O5. The number of hydrogen-bond donors (Lipinski definition) is 1. The zero-order chi connectivity index (χ0) is 32.5. The van der Waals surface area contributed by atoms with Crippen molar-refractivity contribution in [3.63, 3.8) is 0 Å². The topological polar surface area (TPSA) is 72.8 Å². The normalized spacial score (nSPS) is 12.2. The Labute approximate surface area is 274 Å². The average Bonchev–Trinajstić information content (AvgIpc) is 2.99. The van der Waals surface area contributed by atoms with E-state index in [1.165, 1.54) is 135 Å². The van der Waals surface area contributed by atoms with Gasteiger partial charge in [-0.1, -0.05) is 182 Å². The Morgan fingerprint density at radius 2 is 0.750 bits per heavy atom. The molecule has 5 heteroatoms. The van der Waals surface area contributed by atoms with Gasteiger partial charge in [0.15, 0.2) is 6.10 Å². The van der Waals surface area contributed by atoms with Crippen LogP contribution in [0.1, 0.15) is 207 Å². The van der Waals surface area contributed by atoms with Crippen molar-refractivity contribution < 1.29 is 24.2 Å². The molecule has 0 aromatic heterocycles. The van der Waals surface area contributed by atoms with Crippen LogP contribution in [0.15, 0.2) is 0 Å². The van der Waals surface area contributed by atoms with Crippen LogP contribution in [0.2, 0.25) is 0 Å². The van der Waals surface area contributed by atoms with Crippen molar-refractivity contribution in [2.75, 3.05) is 13.2 Å². The Hall–Kier alpha value is -1.10. The average molecular weight is 625 g/mol. The predicted octanol–water partition coefficient (Wildman–Crippen LogP) is 11.7. The molecule has 1 atom stereocenters. The van der Waals surface area contributed by atoms with E-state index in [9.17, 15) is 14.7 Å². The number of hydrogen-bond acceptors (Lipinski definition) is 5. The van der Waals surface area contributed by atoms with Crippen LogP contribution in [0, 0.1) is 11.8 Å². The maximum atomic E-state index is 12.1.